The van der Waals surface area contributed by atoms with Crippen LogP contribution in [0.1, 0.15) is 46.8 Å². The van der Waals surface area contributed by atoms with Gasteiger partial charge in [-0.05, 0) is 44.0 Å². The molecule has 4 rings (SSSR count). The molecule has 0 bridgehead atoms. The number of rotatable bonds is 4. The number of benzene rings is 2. The number of esters is 1. The molecule has 0 radical (unpaired) electrons. The van der Waals surface area contributed by atoms with Crippen LogP contribution in [0.25, 0.3) is 5.70 Å². The Hall–Kier alpha value is -3.34. The number of hydrogen-bond donors (Lipinski definition) is 1. The van der Waals surface area contributed by atoms with Gasteiger partial charge in [0.2, 0.25) is 0 Å². The third-order valence-corrected chi connectivity index (χ3v) is 5.53. The average molecular weight is 389 g/mol. The van der Waals surface area contributed by atoms with Crippen molar-refractivity contribution in [1.29, 1.82) is 0 Å². The second-order valence-corrected chi connectivity index (χ2v) is 7.20. The summed E-state index contributed by atoms with van der Waals surface area (Å²) in [7, 11) is 1.62. The molecular formula is C24H23NO4. The summed E-state index contributed by atoms with van der Waals surface area (Å²) >= 11 is 0. The Morgan fingerprint density at radius 1 is 1.10 bits per heavy atom. The lowest BCUT2D eigenvalue weighted by molar-refractivity contribution is -0.138. The van der Waals surface area contributed by atoms with Crippen molar-refractivity contribution in [2.75, 3.05) is 13.7 Å². The molecule has 2 aromatic rings. The standard InChI is InChI=1S/C24H23NO4/c1-5-29-24(27)19-14(3)25-22-17-8-6-7-9-18(17)23(26)21(22)20(19)16-11-10-15(28-4)12-13(16)2/h6-12,20,25H,5H2,1-4H3/t20-/m0/s1. The fourth-order valence-electron chi connectivity index (χ4n) is 4.22. The molecule has 2 aliphatic rings. The van der Waals surface area contributed by atoms with E-state index in [1.165, 1.54) is 0 Å². The number of methoxy groups -OCH3 is 1. The lowest BCUT2D eigenvalue weighted by atomic mass is 9.78. The fourth-order valence-corrected chi connectivity index (χ4v) is 4.22. The van der Waals surface area contributed by atoms with E-state index in [9.17, 15) is 9.59 Å². The molecule has 29 heavy (non-hydrogen) atoms. The largest absolute Gasteiger partial charge is 0.497 e. The second kappa shape index (κ2) is 7.24. The summed E-state index contributed by atoms with van der Waals surface area (Å²) in [5.74, 6) is -0.240. The lowest BCUT2D eigenvalue weighted by Crippen LogP contribution is -2.29. The van der Waals surface area contributed by atoms with Crippen LogP contribution >= 0.6 is 0 Å². The highest BCUT2D eigenvalue weighted by atomic mass is 16.5. The first-order valence-corrected chi connectivity index (χ1v) is 9.65. The topological polar surface area (TPSA) is 64.6 Å². The van der Waals surface area contributed by atoms with Crippen molar-refractivity contribution in [1.82, 2.24) is 5.32 Å². The average Bonchev–Trinajstić information content (AvgIpc) is 2.99. The molecule has 0 aromatic heterocycles. The molecule has 1 aliphatic heterocycles. The van der Waals surface area contributed by atoms with Crippen LogP contribution in [0.5, 0.6) is 5.75 Å². The van der Waals surface area contributed by atoms with E-state index in [1.807, 2.05) is 56.3 Å². The molecule has 2 aromatic carbocycles. The van der Waals surface area contributed by atoms with Gasteiger partial charge in [0.15, 0.2) is 5.78 Å². The molecule has 0 fully saturated rings. The Labute approximate surface area is 170 Å². The minimum absolute atomic E-state index is 0.0578. The molecule has 1 heterocycles. The molecule has 5 heteroatoms. The van der Waals surface area contributed by atoms with E-state index in [2.05, 4.69) is 5.32 Å². The number of carbonyl (C=O) groups excluding carboxylic acids is 2. The van der Waals surface area contributed by atoms with Gasteiger partial charge >= 0.3 is 5.97 Å². The second-order valence-electron chi connectivity index (χ2n) is 7.20. The van der Waals surface area contributed by atoms with Crippen LogP contribution in [0.2, 0.25) is 0 Å². The molecule has 0 spiro atoms. The molecule has 5 nitrogen and oxygen atoms in total. The number of dihydropyridines is 1. The smallest absolute Gasteiger partial charge is 0.336 e. The molecule has 0 amide bonds. The Balaban J connectivity index is 1.94. The molecule has 0 saturated heterocycles. The summed E-state index contributed by atoms with van der Waals surface area (Å²) < 4.78 is 10.7. The van der Waals surface area contributed by atoms with Gasteiger partial charge in [0.05, 0.1) is 25.0 Å². The summed E-state index contributed by atoms with van der Waals surface area (Å²) in [6.45, 7) is 5.86. The van der Waals surface area contributed by atoms with Gasteiger partial charge in [-0.2, -0.15) is 0 Å². The number of fused-ring (bicyclic) bond motifs is 2. The van der Waals surface area contributed by atoms with Gasteiger partial charge in [0.25, 0.3) is 0 Å². The van der Waals surface area contributed by atoms with Gasteiger partial charge in [0, 0.05) is 28.3 Å². The number of hydrogen-bond acceptors (Lipinski definition) is 5. The van der Waals surface area contributed by atoms with Crippen molar-refractivity contribution in [2.45, 2.75) is 26.7 Å². The molecule has 1 atom stereocenters. The Morgan fingerprint density at radius 3 is 2.48 bits per heavy atom. The molecule has 0 unspecified atom stereocenters. The van der Waals surface area contributed by atoms with E-state index in [4.69, 9.17) is 9.47 Å². The molecular weight excluding hydrogens is 366 g/mol. The summed E-state index contributed by atoms with van der Waals surface area (Å²) in [4.78, 5) is 26.3. The van der Waals surface area contributed by atoms with E-state index in [0.717, 1.165) is 28.1 Å². The maximum Gasteiger partial charge on any atom is 0.336 e. The van der Waals surface area contributed by atoms with Crippen LogP contribution in [0, 0.1) is 6.92 Å². The van der Waals surface area contributed by atoms with Crippen LogP contribution in [0.4, 0.5) is 0 Å². The van der Waals surface area contributed by atoms with Gasteiger partial charge in [-0.25, -0.2) is 4.79 Å². The third-order valence-electron chi connectivity index (χ3n) is 5.53. The maximum atomic E-state index is 13.4. The molecule has 0 saturated carbocycles. The van der Waals surface area contributed by atoms with E-state index in [-0.39, 0.29) is 12.4 Å². The highest BCUT2D eigenvalue weighted by Gasteiger charge is 2.43. The van der Waals surface area contributed by atoms with Crippen molar-refractivity contribution < 1.29 is 19.1 Å². The van der Waals surface area contributed by atoms with Crippen molar-refractivity contribution >= 4 is 17.4 Å². The zero-order valence-electron chi connectivity index (χ0n) is 17.0. The van der Waals surface area contributed by atoms with Gasteiger partial charge in [-0.15, -0.1) is 0 Å². The lowest BCUT2D eigenvalue weighted by Gasteiger charge is -2.30. The van der Waals surface area contributed by atoms with Crippen molar-refractivity contribution in [2.24, 2.45) is 0 Å². The quantitative estimate of drug-likeness (QED) is 0.797. The minimum atomic E-state index is -0.504. The van der Waals surface area contributed by atoms with Gasteiger partial charge < -0.3 is 14.8 Å². The number of nitrogens with one attached hydrogen (secondary N) is 1. The van der Waals surface area contributed by atoms with Crippen LogP contribution < -0.4 is 10.1 Å². The zero-order valence-corrected chi connectivity index (χ0v) is 17.0. The predicted molar refractivity (Wildman–Crippen MR) is 111 cm³/mol. The van der Waals surface area contributed by atoms with Crippen molar-refractivity contribution in [3.05, 3.63) is 81.6 Å². The van der Waals surface area contributed by atoms with Gasteiger partial charge in [-0.3, -0.25) is 4.79 Å². The molecule has 148 valence electrons. The van der Waals surface area contributed by atoms with E-state index in [0.29, 0.717) is 22.4 Å². The van der Waals surface area contributed by atoms with Crippen LogP contribution in [-0.2, 0) is 9.53 Å². The zero-order chi connectivity index (χ0) is 20.7. The fraction of sp³-hybridized carbons (Fsp3) is 0.250. The number of ketones is 1. The first-order valence-electron chi connectivity index (χ1n) is 9.65. The monoisotopic (exact) mass is 389 g/mol. The SMILES string of the molecule is CCOC(=O)C1=C(C)NC2=C(C(=O)c3ccccc32)[C@H]1c1ccc(OC)cc1C. The highest BCUT2D eigenvalue weighted by Crippen LogP contribution is 2.47. The summed E-state index contributed by atoms with van der Waals surface area (Å²) in [6.07, 6.45) is 0. The number of aryl methyl sites for hydroxylation is 1. The number of ether oxygens (including phenoxy) is 2. The van der Waals surface area contributed by atoms with Crippen molar-refractivity contribution in [3.8, 4) is 5.75 Å². The Bertz CT molecular complexity index is 1090. The third kappa shape index (κ3) is 2.94. The Kier molecular flexibility index (Phi) is 4.74. The normalized spacial score (nSPS) is 17.7. The number of carbonyl (C=O) groups is 2. The Morgan fingerprint density at radius 2 is 1.83 bits per heavy atom. The van der Waals surface area contributed by atoms with Gasteiger partial charge in [0.1, 0.15) is 5.75 Å². The minimum Gasteiger partial charge on any atom is -0.497 e. The maximum absolute atomic E-state index is 13.4. The van der Waals surface area contributed by atoms with Gasteiger partial charge in [-0.1, -0.05) is 30.3 Å². The van der Waals surface area contributed by atoms with E-state index < -0.39 is 11.9 Å². The summed E-state index contributed by atoms with van der Waals surface area (Å²) in [5, 5.41) is 3.31. The van der Waals surface area contributed by atoms with Crippen LogP contribution in [0.15, 0.2) is 59.3 Å². The van der Waals surface area contributed by atoms with E-state index >= 15 is 0 Å². The predicted octanol–water partition coefficient (Wildman–Crippen LogP) is 4.14. The highest BCUT2D eigenvalue weighted by molar-refractivity contribution is 6.23. The molecule has 1 N–H and O–H groups in total. The first-order chi connectivity index (χ1) is 14.0. The van der Waals surface area contributed by atoms with E-state index in [1.54, 1.807) is 14.0 Å². The number of allylic oxidation sites excluding steroid dienone is 2. The summed E-state index contributed by atoms with van der Waals surface area (Å²) in [6, 6.07) is 13.2. The van der Waals surface area contributed by atoms with Crippen molar-refractivity contribution in [3.63, 3.8) is 0 Å². The summed E-state index contributed by atoms with van der Waals surface area (Å²) in [5.41, 5.74) is 5.89. The van der Waals surface area contributed by atoms with Crippen LogP contribution in [-0.4, -0.2) is 25.5 Å². The number of Topliss-reactive ketones (excluding diaryl/α,β-unsaturated/α-hetero) is 1. The van der Waals surface area contributed by atoms with Crippen LogP contribution in [0.3, 0.4) is 0 Å². The first kappa shape index (κ1) is 19.0. The molecule has 1 aliphatic carbocycles.